The molecule has 8 nitrogen and oxygen atoms in total. The van der Waals surface area contributed by atoms with Crippen molar-refractivity contribution in [3.8, 4) is 11.5 Å². The van der Waals surface area contributed by atoms with Crippen molar-refractivity contribution >= 4 is 61.3 Å². The Morgan fingerprint density at radius 2 is 1.87 bits per heavy atom. The van der Waals surface area contributed by atoms with Gasteiger partial charge < -0.3 is 15.2 Å². The van der Waals surface area contributed by atoms with Gasteiger partial charge in [-0.1, -0.05) is 18.2 Å². The number of nitrogens with one attached hydrogen (secondary N) is 1. The lowest BCUT2D eigenvalue weighted by Gasteiger charge is -2.16. The number of primary amides is 1. The number of benzene rings is 2. The number of nitrogens with two attached hydrogens (primary N) is 1. The fourth-order valence-corrected chi connectivity index (χ4v) is 3.67. The minimum atomic E-state index is -0.638. The molecule has 0 aliphatic carbocycles. The molecule has 1 aliphatic heterocycles. The van der Waals surface area contributed by atoms with Gasteiger partial charge in [0.25, 0.3) is 17.7 Å². The Labute approximate surface area is 189 Å². The van der Waals surface area contributed by atoms with E-state index < -0.39 is 17.7 Å². The molecule has 0 saturated carbocycles. The average Bonchev–Trinajstić information content (AvgIpc) is 3.00. The Hall–Kier alpha value is -2.85. The molecule has 0 unspecified atom stereocenters. The highest BCUT2D eigenvalue weighted by Crippen LogP contribution is 2.43. The van der Waals surface area contributed by atoms with E-state index in [0.29, 0.717) is 32.6 Å². The molecule has 2 aromatic carbocycles. The second-order valence-corrected chi connectivity index (χ2v) is 7.67. The summed E-state index contributed by atoms with van der Waals surface area (Å²) in [6.45, 7) is 1.79. The molecule has 1 fully saturated rings. The van der Waals surface area contributed by atoms with Gasteiger partial charge in [-0.25, -0.2) is 5.01 Å². The maximum Gasteiger partial charge on any atom is 0.282 e. The van der Waals surface area contributed by atoms with Gasteiger partial charge in [-0.05, 0) is 68.6 Å². The van der Waals surface area contributed by atoms with Crippen LogP contribution in [0.15, 0.2) is 50.9 Å². The van der Waals surface area contributed by atoms with E-state index in [4.69, 9.17) is 15.2 Å². The quantitative estimate of drug-likeness (QED) is 0.416. The zero-order valence-corrected chi connectivity index (χ0v) is 18.9. The number of halogens is 2. The van der Waals surface area contributed by atoms with Gasteiger partial charge in [0.2, 0.25) is 0 Å². The molecule has 1 aliphatic rings. The number of hydrogen-bond acceptors (Lipinski definition) is 5. The van der Waals surface area contributed by atoms with E-state index in [-0.39, 0.29) is 17.9 Å². The summed E-state index contributed by atoms with van der Waals surface area (Å²) in [5, 5.41) is 1.19. The lowest BCUT2D eigenvalue weighted by molar-refractivity contribution is -0.120. The first-order chi connectivity index (χ1) is 14.3. The predicted molar refractivity (Wildman–Crippen MR) is 118 cm³/mol. The number of para-hydroxylation sites is 1. The van der Waals surface area contributed by atoms with Crippen LogP contribution in [-0.2, 0) is 14.4 Å². The van der Waals surface area contributed by atoms with Crippen LogP contribution in [-0.4, -0.2) is 30.9 Å². The fourth-order valence-electron chi connectivity index (χ4n) is 2.72. The zero-order valence-electron chi connectivity index (χ0n) is 15.8. The highest BCUT2D eigenvalue weighted by atomic mass is 79.9. The number of hydrogen-bond donors (Lipinski definition) is 2. The third-order valence-electron chi connectivity index (χ3n) is 4.02. The molecule has 156 valence electrons. The molecule has 1 saturated heterocycles. The third-order valence-corrected chi connectivity index (χ3v) is 6.16. The molecule has 0 spiro atoms. The van der Waals surface area contributed by atoms with Gasteiger partial charge in [0.15, 0.2) is 18.1 Å². The molecule has 0 radical (unpaired) electrons. The van der Waals surface area contributed by atoms with E-state index >= 15 is 0 Å². The summed E-state index contributed by atoms with van der Waals surface area (Å²) in [7, 11) is 0. The number of hydrazine groups is 1. The van der Waals surface area contributed by atoms with E-state index in [1.165, 1.54) is 11.1 Å². The number of nitrogens with zero attached hydrogens (tertiary/aromatic N) is 1. The Bertz CT molecular complexity index is 1040. The zero-order chi connectivity index (χ0) is 21.8. The predicted octanol–water partition coefficient (Wildman–Crippen LogP) is 2.94. The van der Waals surface area contributed by atoms with E-state index in [9.17, 15) is 14.4 Å². The summed E-state index contributed by atoms with van der Waals surface area (Å²) in [6, 6.07) is 10.4. The molecule has 0 atom stereocenters. The molecule has 0 bridgehead atoms. The number of carbonyl (C=O) groups is 3. The van der Waals surface area contributed by atoms with Gasteiger partial charge in [0, 0.05) is 4.47 Å². The summed E-state index contributed by atoms with van der Waals surface area (Å²) in [6.07, 6.45) is 1.45. The van der Waals surface area contributed by atoms with Crippen LogP contribution in [0.5, 0.6) is 11.5 Å². The lowest BCUT2D eigenvalue weighted by Crippen LogP contribution is -2.35. The van der Waals surface area contributed by atoms with E-state index in [2.05, 4.69) is 37.3 Å². The Morgan fingerprint density at radius 1 is 1.17 bits per heavy atom. The van der Waals surface area contributed by atoms with Crippen molar-refractivity contribution in [2.75, 3.05) is 18.2 Å². The van der Waals surface area contributed by atoms with Gasteiger partial charge in [-0.2, -0.15) is 0 Å². The summed E-state index contributed by atoms with van der Waals surface area (Å²) < 4.78 is 12.0. The van der Waals surface area contributed by atoms with Gasteiger partial charge in [-0.15, -0.1) is 0 Å². The smallest absolute Gasteiger partial charge is 0.282 e. The minimum absolute atomic E-state index is 0.0419. The standard InChI is InChI=1S/C20H17Br2N3O5/c1-2-29-14-9-11(16(21)17(22)18(14)30-10-15(23)26)8-13-19(27)24-25(20(13)28)12-6-4-3-5-7-12/h3-9H,2,10H2,1H3,(H2,23,26)(H,24,27)/b13-8-. The van der Waals surface area contributed by atoms with Crippen LogP contribution >= 0.6 is 31.9 Å². The van der Waals surface area contributed by atoms with Crippen LogP contribution in [0, 0.1) is 0 Å². The lowest BCUT2D eigenvalue weighted by atomic mass is 10.1. The number of rotatable bonds is 7. The number of anilines is 1. The topological polar surface area (TPSA) is 111 Å². The van der Waals surface area contributed by atoms with E-state index in [1.807, 2.05) is 6.07 Å². The molecule has 30 heavy (non-hydrogen) atoms. The second kappa shape index (κ2) is 9.31. The SMILES string of the molecule is CCOc1cc(/C=C2/C(=O)NN(c3ccccc3)C2=O)c(Br)c(Br)c1OCC(N)=O. The molecule has 1 heterocycles. The van der Waals surface area contributed by atoms with Crippen molar-refractivity contribution < 1.29 is 23.9 Å². The van der Waals surface area contributed by atoms with Crippen LogP contribution in [0.2, 0.25) is 0 Å². The van der Waals surface area contributed by atoms with Crippen LogP contribution < -0.4 is 25.6 Å². The number of carbonyl (C=O) groups excluding carboxylic acids is 3. The third kappa shape index (κ3) is 4.49. The van der Waals surface area contributed by atoms with E-state index in [0.717, 1.165) is 0 Å². The minimum Gasteiger partial charge on any atom is -0.490 e. The van der Waals surface area contributed by atoms with Crippen LogP contribution in [0.25, 0.3) is 6.08 Å². The van der Waals surface area contributed by atoms with Gasteiger partial charge in [0.1, 0.15) is 5.57 Å². The van der Waals surface area contributed by atoms with Crippen molar-refractivity contribution in [1.82, 2.24) is 5.43 Å². The first kappa shape index (κ1) is 21.8. The Morgan fingerprint density at radius 3 is 2.50 bits per heavy atom. The maximum atomic E-state index is 12.8. The van der Waals surface area contributed by atoms with Crippen LogP contribution in [0.1, 0.15) is 12.5 Å². The molecule has 3 N–H and O–H groups in total. The fraction of sp³-hybridized carbons (Fsp3) is 0.150. The van der Waals surface area contributed by atoms with Crippen molar-refractivity contribution in [3.63, 3.8) is 0 Å². The molecular formula is C20H17Br2N3O5. The summed E-state index contributed by atoms with van der Waals surface area (Å²) in [5.74, 6) is -1.05. The Balaban J connectivity index is 2.01. The van der Waals surface area contributed by atoms with Gasteiger partial charge >= 0.3 is 0 Å². The monoisotopic (exact) mass is 537 g/mol. The largest absolute Gasteiger partial charge is 0.490 e. The van der Waals surface area contributed by atoms with Crippen molar-refractivity contribution in [2.24, 2.45) is 5.73 Å². The molecule has 3 amide bonds. The van der Waals surface area contributed by atoms with Crippen LogP contribution in [0.3, 0.4) is 0 Å². The van der Waals surface area contributed by atoms with Crippen LogP contribution in [0.4, 0.5) is 5.69 Å². The molecular weight excluding hydrogens is 522 g/mol. The highest BCUT2D eigenvalue weighted by molar-refractivity contribution is 9.13. The average molecular weight is 539 g/mol. The van der Waals surface area contributed by atoms with Gasteiger partial charge in [-0.3, -0.25) is 19.8 Å². The van der Waals surface area contributed by atoms with Gasteiger partial charge in [0.05, 0.1) is 16.8 Å². The highest BCUT2D eigenvalue weighted by Gasteiger charge is 2.34. The second-order valence-electron chi connectivity index (χ2n) is 6.08. The van der Waals surface area contributed by atoms with Crippen molar-refractivity contribution in [1.29, 1.82) is 0 Å². The first-order valence-corrected chi connectivity index (χ1v) is 10.4. The summed E-state index contributed by atoms with van der Waals surface area (Å²) in [4.78, 5) is 36.3. The molecule has 2 aromatic rings. The number of amides is 3. The number of ether oxygens (including phenoxy) is 2. The normalized spacial score (nSPS) is 14.8. The first-order valence-electron chi connectivity index (χ1n) is 8.81. The molecule has 0 aromatic heterocycles. The van der Waals surface area contributed by atoms with Crippen molar-refractivity contribution in [2.45, 2.75) is 6.92 Å². The molecule has 10 heteroatoms. The Kier molecular flexibility index (Phi) is 6.78. The summed E-state index contributed by atoms with van der Waals surface area (Å²) >= 11 is 6.83. The van der Waals surface area contributed by atoms with E-state index in [1.54, 1.807) is 37.3 Å². The maximum absolute atomic E-state index is 12.8. The molecule has 3 rings (SSSR count). The van der Waals surface area contributed by atoms with Crippen molar-refractivity contribution in [3.05, 3.63) is 56.5 Å². The summed E-state index contributed by atoms with van der Waals surface area (Å²) in [5.41, 5.74) is 8.71.